The van der Waals surface area contributed by atoms with Crippen molar-refractivity contribution in [2.24, 2.45) is 11.8 Å². The minimum absolute atomic E-state index is 0.0628. The van der Waals surface area contributed by atoms with Gasteiger partial charge in [0, 0.05) is 12.2 Å². The van der Waals surface area contributed by atoms with Crippen LogP contribution in [0.4, 0.5) is 5.69 Å². The lowest BCUT2D eigenvalue weighted by atomic mass is 9.97. The SMILES string of the molecule is C[C@@H]1CNC[C@H]1C(=O)Nc1ccc2c(c1)C(=O)NC2=O. The van der Waals surface area contributed by atoms with Crippen LogP contribution in [0.2, 0.25) is 0 Å². The molecule has 20 heavy (non-hydrogen) atoms. The number of nitrogens with one attached hydrogen (secondary N) is 3. The molecule has 0 radical (unpaired) electrons. The Bertz CT molecular complexity index is 612. The Morgan fingerprint density at radius 3 is 2.65 bits per heavy atom. The lowest BCUT2D eigenvalue weighted by Crippen LogP contribution is -2.27. The van der Waals surface area contributed by atoms with Crippen LogP contribution in [0.3, 0.4) is 0 Å². The van der Waals surface area contributed by atoms with Crippen molar-refractivity contribution in [3.05, 3.63) is 29.3 Å². The Kier molecular flexibility index (Phi) is 3.02. The molecule has 1 saturated heterocycles. The van der Waals surface area contributed by atoms with E-state index in [0.29, 0.717) is 23.4 Å². The molecule has 6 nitrogen and oxygen atoms in total. The predicted molar refractivity (Wildman–Crippen MR) is 72.4 cm³/mol. The van der Waals surface area contributed by atoms with E-state index >= 15 is 0 Å². The lowest BCUT2D eigenvalue weighted by Gasteiger charge is -2.14. The molecule has 104 valence electrons. The Morgan fingerprint density at radius 1 is 1.20 bits per heavy atom. The quantitative estimate of drug-likeness (QED) is 0.679. The fourth-order valence-electron chi connectivity index (χ4n) is 2.64. The van der Waals surface area contributed by atoms with Gasteiger partial charge >= 0.3 is 0 Å². The predicted octanol–water partition coefficient (Wildman–Crippen LogP) is 0.364. The number of anilines is 1. The van der Waals surface area contributed by atoms with Gasteiger partial charge in [0.05, 0.1) is 17.0 Å². The highest BCUT2D eigenvalue weighted by Crippen LogP contribution is 2.22. The van der Waals surface area contributed by atoms with Crippen LogP contribution in [-0.2, 0) is 4.79 Å². The van der Waals surface area contributed by atoms with Crippen LogP contribution in [0, 0.1) is 11.8 Å². The third-order valence-electron chi connectivity index (χ3n) is 3.86. The lowest BCUT2D eigenvalue weighted by molar-refractivity contribution is -0.120. The molecular formula is C14H15N3O3. The summed E-state index contributed by atoms with van der Waals surface area (Å²) in [5.74, 6) is -0.659. The molecule has 2 heterocycles. The van der Waals surface area contributed by atoms with Crippen LogP contribution in [0.1, 0.15) is 27.6 Å². The smallest absolute Gasteiger partial charge is 0.259 e. The van der Waals surface area contributed by atoms with Gasteiger partial charge in [0.25, 0.3) is 11.8 Å². The van der Waals surface area contributed by atoms with Crippen LogP contribution in [0.25, 0.3) is 0 Å². The first-order valence-electron chi connectivity index (χ1n) is 6.57. The largest absolute Gasteiger partial charge is 0.326 e. The zero-order valence-corrected chi connectivity index (χ0v) is 11.0. The van der Waals surface area contributed by atoms with Gasteiger partial charge in [-0.2, -0.15) is 0 Å². The highest BCUT2D eigenvalue weighted by molar-refractivity contribution is 6.22. The second kappa shape index (κ2) is 4.72. The normalized spacial score (nSPS) is 24.4. The monoisotopic (exact) mass is 273 g/mol. The summed E-state index contributed by atoms with van der Waals surface area (Å²) in [5.41, 5.74) is 1.20. The standard InChI is InChI=1S/C14H15N3O3/c1-7-5-15-6-11(7)14(20)16-8-2-3-9-10(4-8)13(19)17-12(9)18/h2-4,7,11,15H,5-6H2,1H3,(H,16,20)(H,17,18,19)/t7-,11-/m1/s1. The van der Waals surface area contributed by atoms with Crippen molar-refractivity contribution in [3.63, 3.8) is 0 Å². The maximum Gasteiger partial charge on any atom is 0.259 e. The second-order valence-corrected chi connectivity index (χ2v) is 5.27. The van der Waals surface area contributed by atoms with Gasteiger partial charge in [-0.1, -0.05) is 6.92 Å². The molecule has 2 atom stereocenters. The molecule has 3 rings (SSSR count). The van der Waals surface area contributed by atoms with E-state index in [0.717, 1.165) is 6.54 Å². The molecule has 2 aliphatic rings. The fraction of sp³-hybridized carbons (Fsp3) is 0.357. The summed E-state index contributed by atoms with van der Waals surface area (Å²) in [6.07, 6.45) is 0. The summed E-state index contributed by atoms with van der Waals surface area (Å²) in [7, 11) is 0. The average Bonchev–Trinajstić information content (AvgIpc) is 2.95. The van der Waals surface area contributed by atoms with Crippen molar-refractivity contribution in [1.82, 2.24) is 10.6 Å². The number of amides is 3. The molecule has 3 amide bonds. The van der Waals surface area contributed by atoms with Gasteiger partial charge in [-0.25, -0.2) is 0 Å². The highest BCUT2D eigenvalue weighted by atomic mass is 16.2. The molecule has 2 aliphatic heterocycles. The average molecular weight is 273 g/mol. The Hall–Kier alpha value is -2.21. The van der Waals surface area contributed by atoms with Gasteiger partial charge in [-0.15, -0.1) is 0 Å². The van der Waals surface area contributed by atoms with E-state index in [2.05, 4.69) is 16.0 Å². The molecule has 0 aromatic heterocycles. The summed E-state index contributed by atoms with van der Waals surface area (Å²) < 4.78 is 0. The molecule has 3 N–H and O–H groups in total. The third-order valence-corrected chi connectivity index (χ3v) is 3.86. The molecule has 1 aromatic carbocycles. The summed E-state index contributed by atoms with van der Waals surface area (Å²) in [6.45, 7) is 3.52. The summed E-state index contributed by atoms with van der Waals surface area (Å²) in [4.78, 5) is 35.2. The van der Waals surface area contributed by atoms with Gasteiger partial charge in [0.1, 0.15) is 0 Å². The number of imide groups is 1. The Balaban J connectivity index is 1.79. The topological polar surface area (TPSA) is 87.3 Å². The van der Waals surface area contributed by atoms with Gasteiger partial charge < -0.3 is 10.6 Å². The minimum atomic E-state index is -0.419. The molecule has 1 fully saturated rings. The summed E-state index contributed by atoms with van der Waals surface area (Å²) in [5, 5.41) is 8.21. The van der Waals surface area contributed by atoms with Crippen molar-refractivity contribution < 1.29 is 14.4 Å². The molecule has 0 aliphatic carbocycles. The molecule has 0 spiro atoms. The van der Waals surface area contributed by atoms with E-state index in [1.54, 1.807) is 18.2 Å². The molecule has 0 bridgehead atoms. The Labute approximate surface area is 115 Å². The van der Waals surface area contributed by atoms with Crippen molar-refractivity contribution in [1.29, 1.82) is 0 Å². The second-order valence-electron chi connectivity index (χ2n) is 5.27. The minimum Gasteiger partial charge on any atom is -0.326 e. The van der Waals surface area contributed by atoms with Crippen molar-refractivity contribution in [3.8, 4) is 0 Å². The highest BCUT2D eigenvalue weighted by Gasteiger charge is 2.30. The zero-order valence-electron chi connectivity index (χ0n) is 11.0. The number of benzene rings is 1. The summed E-state index contributed by atoms with van der Waals surface area (Å²) in [6, 6.07) is 4.74. The van der Waals surface area contributed by atoms with Crippen molar-refractivity contribution in [2.45, 2.75) is 6.92 Å². The number of carbonyl (C=O) groups excluding carboxylic acids is 3. The first-order chi connectivity index (χ1) is 9.56. The van der Waals surface area contributed by atoms with Crippen molar-refractivity contribution in [2.75, 3.05) is 18.4 Å². The number of hydrogen-bond donors (Lipinski definition) is 3. The van der Waals surface area contributed by atoms with Gasteiger partial charge in [-0.05, 0) is 30.7 Å². The molecular weight excluding hydrogens is 258 g/mol. The number of fused-ring (bicyclic) bond motifs is 1. The maximum absolute atomic E-state index is 12.2. The van der Waals surface area contributed by atoms with Gasteiger partial charge in [0.15, 0.2) is 0 Å². The maximum atomic E-state index is 12.2. The number of rotatable bonds is 2. The fourth-order valence-corrected chi connectivity index (χ4v) is 2.64. The Morgan fingerprint density at radius 2 is 1.95 bits per heavy atom. The van der Waals surface area contributed by atoms with Crippen LogP contribution in [-0.4, -0.2) is 30.8 Å². The molecule has 6 heteroatoms. The number of carbonyl (C=O) groups is 3. The molecule has 0 unspecified atom stereocenters. The van der Waals surface area contributed by atoms with E-state index in [-0.39, 0.29) is 17.7 Å². The number of hydrogen-bond acceptors (Lipinski definition) is 4. The first kappa shape index (κ1) is 12.8. The molecule has 1 aromatic rings. The van der Waals surface area contributed by atoms with E-state index in [1.807, 2.05) is 6.92 Å². The van der Waals surface area contributed by atoms with E-state index in [4.69, 9.17) is 0 Å². The van der Waals surface area contributed by atoms with E-state index < -0.39 is 11.8 Å². The van der Waals surface area contributed by atoms with E-state index in [1.165, 1.54) is 0 Å². The van der Waals surface area contributed by atoms with Crippen LogP contribution in [0.15, 0.2) is 18.2 Å². The summed E-state index contributed by atoms with van der Waals surface area (Å²) >= 11 is 0. The van der Waals surface area contributed by atoms with Crippen LogP contribution < -0.4 is 16.0 Å². The van der Waals surface area contributed by atoms with Crippen LogP contribution in [0.5, 0.6) is 0 Å². The van der Waals surface area contributed by atoms with Gasteiger partial charge in [0.2, 0.25) is 5.91 Å². The third kappa shape index (κ3) is 2.08. The molecule has 0 saturated carbocycles. The first-order valence-corrected chi connectivity index (χ1v) is 6.57. The van der Waals surface area contributed by atoms with Crippen LogP contribution >= 0.6 is 0 Å². The van der Waals surface area contributed by atoms with Crippen molar-refractivity contribution >= 4 is 23.4 Å². The van der Waals surface area contributed by atoms with E-state index in [9.17, 15) is 14.4 Å². The van der Waals surface area contributed by atoms with Gasteiger partial charge in [-0.3, -0.25) is 19.7 Å². The zero-order chi connectivity index (χ0) is 14.3.